The van der Waals surface area contributed by atoms with Gasteiger partial charge in [0.25, 0.3) is 5.91 Å². The van der Waals surface area contributed by atoms with Crippen molar-refractivity contribution in [2.75, 3.05) is 5.32 Å². The summed E-state index contributed by atoms with van der Waals surface area (Å²) in [5.41, 5.74) is 2.88. The fourth-order valence-electron chi connectivity index (χ4n) is 2.20. The topological polar surface area (TPSA) is 77.6 Å². The third kappa shape index (κ3) is 3.20. The molecule has 3 heterocycles. The number of amides is 1. The molecule has 0 aliphatic carbocycles. The van der Waals surface area contributed by atoms with Gasteiger partial charge in [-0.15, -0.1) is 11.3 Å². The van der Waals surface area contributed by atoms with Gasteiger partial charge in [-0.25, -0.2) is 9.67 Å². The Morgan fingerprint density at radius 3 is 2.58 bits per heavy atom. The van der Waals surface area contributed by atoms with E-state index in [0.29, 0.717) is 22.5 Å². The average Bonchev–Trinajstić information content (AvgIpc) is 3.17. The zero-order chi connectivity index (χ0) is 17.4. The molecule has 9 heteroatoms. The van der Waals surface area contributed by atoms with Crippen LogP contribution in [-0.4, -0.2) is 30.5 Å². The van der Waals surface area contributed by atoms with Crippen molar-refractivity contribution in [1.82, 2.24) is 24.5 Å². The summed E-state index contributed by atoms with van der Waals surface area (Å²) >= 11 is 7.59. The molecule has 0 unspecified atom stereocenters. The molecule has 0 spiro atoms. The molecule has 1 amide bonds. The molecule has 0 aromatic carbocycles. The Labute approximate surface area is 148 Å². The van der Waals surface area contributed by atoms with Gasteiger partial charge in [-0.1, -0.05) is 11.6 Å². The fraction of sp³-hybridized carbons (Fsp3) is 0.333. The number of rotatable bonds is 4. The molecule has 0 fully saturated rings. The molecule has 0 aliphatic rings. The van der Waals surface area contributed by atoms with Crippen LogP contribution in [0, 0.1) is 27.7 Å². The Balaban J connectivity index is 1.72. The summed E-state index contributed by atoms with van der Waals surface area (Å²) in [6.45, 7) is 8.02. The summed E-state index contributed by atoms with van der Waals surface area (Å²) in [5, 5.41) is 12.6. The Kier molecular flexibility index (Phi) is 4.42. The third-order valence-electron chi connectivity index (χ3n) is 3.69. The number of hydrogen-bond acceptors (Lipinski definition) is 5. The number of carbonyl (C=O) groups excluding carboxylic acids is 1. The van der Waals surface area contributed by atoms with E-state index in [1.165, 1.54) is 11.3 Å². The van der Waals surface area contributed by atoms with E-state index in [-0.39, 0.29) is 5.91 Å². The average molecular weight is 365 g/mol. The second-order valence-electron chi connectivity index (χ2n) is 5.48. The molecule has 7 nitrogen and oxygen atoms in total. The van der Waals surface area contributed by atoms with E-state index in [4.69, 9.17) is 11.6 Å². The predicted octanol–water partition coefficient (Wildman–Crippen LogP) is 3.18. The Morgan fingerprint density at radius 1 is 1.25 bits per heavy atom. The van der Waals surface area contributed by atoms with Gasteiger partial charge in [-0.05, 0) is 33.8 Å². The predicted molar refractivity (Wildman–Crippen MR) is 93.9 cm³/mol. The van der Waals surface area contributed by atoms with Crippen LogP contribution in [0.2, 0.25) is 5.02 Å². The van der Waals surface area contributed by atoms with Gasteiger partial charge in [0.2, 0.25) is 0 Å². The number of hydrogen-bond donors (Lipinski definition) is 1. The van der Waals surface area contributed by atoms with Crippen molar-refractivity contribution in [1.29, 1.82) is 0 Å². The molecule has 126 valence electrons. The van der Waals surface area contributed by atoms with E-state index in [9.17, 15) is 4.79 Å². The van der Waals surface area contributed by atoms with Gasteiger partial charge in [0.05, 0.1) is 22.1 Å². The summed E-state index contributed by atoms with van der Waals surface area (Å²) in [6.07, 6.45) is 1.73. The minimum atomic E-state index is -0.283. The molecule has 0 atom stereocenters. The van der Waals surface area contributed by atoms with Crippen LogP contribution in [0.15, 0.2) is 12.3 Å². The van der Waals surface area contributed by atoms with Gasteiger partial charge in [-0.3, -0.25) is 14.8 Å². The van der Waals surface area contributed by atoms with Gasteiger partial charge in [0.1, 0.15) is 6.67 Å². The molecule has 0 saturated heterocycles. The molecule has 3 aromatic rings. The van der Waals surface area contributed by atoms with Gasteiger partial charge in [-0.2, -0.15) is 10.2 Å². The number of aryl methyl sites for hydroxylation is 3. The maximum Gasteiger partial charge on any atom is 0.277 e. The largest absolute Gasteiger partial charge is 0.296 e. The van der Waals surface area contributed by atoms with Gasteiger partial charge < -0.3 is 0 Å². The van der Waals surface area contributed by atoms with Crippen molar-refractivity contribution in [3.63, 3.8) is 0 Å². The second kappa shape index (κ2) is 6.37. The lowest BCUT2D eigenvalue weighted by Gasteiger charge is -2.04. The number of aromatic nitrogens is 5. The van der Waals surface area contributed by atoms with E-state index >= 15 is 0 Å². The number of anilines is 1. The van der Waals surface area contributed by atoms with Crippen LogP contribution in [0.1, 0.15) is 32.4 Å². The van der Waals surface area contributed by atoms with Crippen LogP contribution in [0.25, 0.3) is 0 Å². The lowest BCUT2D eigenvalue weighted by atomic mass is 10.4. The van der Waals surface area contributed by atoms with Gasteiger partial charge >= 0.3 is 0 Å². The van der Waals surface area contributed by atoms with Crippen molar-refractivity contribution >= 4 is 34.0 Å². The molecule has 3 aromatic heterocycles. The highest BCUT2D eigenvalue weighted by molar-refractivity contribution is 7.15. The third-order valence-corrected chi connectivity index (χ3v) is 5.23. The Bertz CT molecular complexity index is 890. The quantitative estimate of drug-likeness (QED) is 0.771. The fourth-order valence-corrected chi connectivity index (χ4v) is 3.14. The molecular formula is C15H17ClN6OS. The first-order valence-corrected chi connectivity index (χ1v) is 8.53. The first kappa shape index (κ1) is 16.7. The van der Waals surface area contributed by atoms with Gasteiger partial charge in [0, 0.05) is 11.1 Å². The molecule has 24 heavy (non-hydrogen) atoms. The first-order chi connectivity index (χ1) is 11.3. The maximum atomic E-state index is 12.3. The number of nitrogens with zero attached hydrogens (tertiary/aromatic N) is 5. The van der Waals surface area contributed by atoms with Crippen LogP contribution in [0.4, 0.5) is 5.13 Å². The van der Waals surface area contributed by atoms with Crippen molar-refractivity contribution in [2.45, 2.75) is 34.4 Å². The van der Waals surface area contributed by atoms with Crippen molar-refractivity contribution in [2.24, 2.45) is 0 Å². The highest BCUT2D eigenvalue weighted by Crippen LogP contribution is 2.21. The molecule has 3 rings (SSSR count). The molecule has 0 radical (unpaired) electrons. The molecule has 0 aliphatic heterocycles. The van der Waals surface area contributed by atoms with E-state index in [1.807, 2.05) is 27.7 Å². The Morgan fingerprint density at radius 2 is 2.00 bits per heavy atom. The van der Waals surface area contributed by atoms with E-state index in [0.717, 1.165) is 22.0 Å². The summed E-state index contributed by atoms with van der Waals surface area (Å²) in [4.78, 5) is 17.6. The highest BCUT2D eigenvalue weighted by Gasteiger charge is 2.14. The number of nitrogens with one attached hydrogen (secondary N) is 1. The summed E-state index contributed by atoms with van der Waals surface area (Å²) in [7, 11) is 0. The monoisotopic (exact) mass is 364 g/mol. The first-order valence-electron chi connectivity index (χ1n) is 7.33. The van der Waals surface area contributed by atoms with Crippen molar-refractivity contribution in [3.8, 4) is 0 Å². The van der Waals surface area contributed by atoms with Crippen molar-refractivity contribution in [3.05, 3.63) is 44.9 Å². The number of halogens is 1. The lowest BCUT2D eigenvalue weighted by molar-refractivity contribution is 0.102. The standard InChI is InChI=1S/C15H17ClN6OS/c1-8-11(4)24-15(17-8)18-14(23)12-5-6-21(20-12)7-22-10(3)13(16)9(2)19-22/h5-6H,7H2,1-4H3,(H,17,18,23). The lowest BCUT2D eigenvalue weighted by Crippen LogP contribution is -2.15. The number of carbonyl (C=O) groups is 1. The van der Waals surface area contributed by atoms with Crippen LogP contribution < -0.4 is 5.32 Å². The SMILES string of the molecule is Cc1nc(NC(=O)c2ccn(Cn3nc(C)c(Cl)c3C)n2)sc1C. The summed E-state index contributed by atoms with van der Waals surface area (Å²) in [6, 6.07) is 1.66. The van der Waals surface area contributed by atoms with Crippen LogP contribution in [-0.2, 0) is 6.67 Å². The zero-order valence-electron chi connectivity index (χ0n) is 13.8. The summed E-state index contributed by atoms with van der Waals surface area (Å²) in [5.74, 6) is -0.283. The van der Waals surface area contributed by atoms with Crippen LogP contribution in [0.3, 0.4) is 0 Å². The minimum absolute atomic E-state index is 0.283. The molecule has 0 bridgehead atoms. The van der Waals surface area contributed by atoms with Crippen LogP contribution in [0.5, 0.6) is 0 Å². The van der Waals surface area contributed by atoms with E-state index in [1.54, 1.807) is 21.6 Å². The molecule has 1 N–H and O–H groups in total. The molecular weight excluding hydrogens is 348 g/mol. The van der Waals surface area contributed by atoms with E-state index < -0.39 is 0 Å². The van der Waals surface area contributed by atoms with Gasteiger partial charge in [0.15, 0.2) is 10.8 Å². The minimum Gasteiger partial charge on any atom is -0.296 e. The van der Waals surface area contributed by atoms with Crippen molar-refractivity contribution < 1.29 is 4.79 Å². The summed E-state index contributed by atoms with van der Waals surface area (Å²) < 4.78 is 3.39. The second-order valence-corrected chi connectivity index (χ2v) is 7.06. The number of thiazole rings is 1. The maximum absolute atomic E-state index is 12.3. The van der Waals surface area contributed by atoms with E-state index in [2.05, 4.69) is 20.5 Å². The van der Waals surface area contributed by atoms with Crippen LogP contribution >= 0.6 is 22.9 Å². The smallest absolute Gasteiger partial charge is 0.277 e. The normalized spacial score (nSPS) is 11.0. The highest BCUT2D eigenvalue weighted by atomic mass is 35.5. The Hall–Kier alpha value is -2.19. The molecule has 0 saturated carbocycles. The zero-order valence-corrected chi connectivity index (χ0v) is 15.4.